The molecule has 2 amide bonds. The third-order valence-electron chi connectivity index (χ3n) is 4.41. The van der Waals surface area contributed by atoms with E-state index in [1.54, 1.807) is 4.90 Å². The fourth-order valence-corrected chi connectivity index (χ4v) is 3.24. The van der Waals surface area contributed by atoms with Crippen molar-refractivity contribution < 1.29 is 14.7 Å². The molecule has 0 aromatic carbocycles. The lowest BCUT2D eigenvalue weighted by molar-refractivity contribution is -0.143. The number of rotatable bonds is 4. The molecule has 0 radical (unpaired) electrons. The SMILES string of the molecule is CC(CN1CCCCC1)NC(=O)N1CCC[C@H](C(=O)O)C1. The molecule has 6 nitrogen and oxygen atoms in total. The van der Waals surface area contributed by atoms with E-state index >= 15 is 0 Å². The third-order valence-corrected chi connectivity index (χ3v) is 4.41. The van der Waals surface area contributed by atoms with E-state index in [0.29, 0.717) is 19.5 Å². The number of nitrogens with zero attached hydrogens (tertiary/aromatic N) is 2. The van der Waals surface area contributed by atoms with Gasteiger partial charge in [-0.05, 0) is 45.7 Å². The third kappa shape index (κ3) is 4.88. The quantitative estimate of drug-likeness (QED) is 0.822. The number of hydrogen-bond donors (Lipinski definition) is 2. The topological polar surface area (TPSA) is 72.9 Å². The molecular formula is C15H27N3O3. The average Bonchev–Trinajstić information content (AvgIpc) is 2.48. The zero-order chi connectivity index (χ0) is 15.2. The van der Waals surface area contributed by atoms with Gasteiger partial charge in [0.25, 0.3) is 0 Å². The maximum atomic E-state index is 12.2. The van der Waals surface area contributed by atoms with Crippen molar-refractivity contribution in [3.8, 4) is 0 Å². The van der Waals surface area contributed by atoms with E-state index < -0.39 is 11.9 Å². The van der Waals surface area contributed by atoms with Gasteiger partial charge < -0.3 is 20.2 Å². The number of carboxylic acids is 1. The Hall–Kier alpha value is -1.30. The summed E-state index contributed by atoms with van der Waals surface area (Å²) in [5, 5.41) is 12.1. The number of likely N-dealkylation sites (tertiary alicyclic amines) is 2. The Morgan fingerprint density at radius 2 is 1.90 bits per heavy atom. The minimum absolute atomic E-state index is 0.0980. The molecule has 0 aliphatic carbocycles. The molecule has 6 heteroatoms. The first-order chi connectivity index (χ1) is 10.1. The van der Waals surface area contributed by atoms with Gasteiger partial charge in [-0.15, -0.1) is 0 Å². The second-order valence-corrected chi connectivity index (χ2v) is 6.34. The first-order valence-electron chi connectivity index (χ1n) is 8.07. The highest BCUT2D eigenvalue weighted by Gasteiger charge is 2.28. The van der Waals surface area contributed by atoms with E-state index in [0.717, 1.165) is 26.1 Å². The first kappa shape index (κ1) is 16.1. The standard InChI is InChI=1S/C15H27N3O3/c1-12(10-17-7-3-2-4-8-17)16-15(21)18-9-5-6-13(11-18)14(19)20/h12-13H,2-11H2,1H3,(H,16,21)(H,19,20)/t12?,13-/m0/s1. The van der Waals surface area contributed by atoms with Gasteiger partial charge in [-0.25, -0.2) is 4.79 Å². The summed E-state index contributed by atoms with van der Waals surface area (Å²) in [6.07, 6.45) is 5.23. The molecule has 2 atom stereocenters. The van der Waals surface area contributed by atoms with E-state index in [2.05, 4.69) is 10.2 Å². The smallest absolute Gasteiger partial charge is 0.317 e. The van der Waals surface area contributed by atoms with Crippen LogP contribution in [0.25, 0.3) is 0 Å². The van der Waals surface area contributed by atoms with Crippen LogP contribution in [0.4, 0.5) is 4.79 Å². The number of aliphatic carboxylic acids is 1. The van der Waals surface area contributed by atoms with E-state index in [1.165, 1.54) is 19.3 Å². The summed E-state index contributed by atoms with van der Waals surface area (Å²) in [5.41, 5.74) is 0. The van der Waals surface area contributed by atoms with Crippen LogP contribution in [0.3, 0.4) is 0 Å². The predicted octanol–water partition coefficient (Wildman–Crippen LogP) is 1.37. The zero-order valence-electron chi connectivity index (χ0n) is 12.9. The number of hydrogen-bond acceptors (Lipinski definition) is 3. The van der Waals surface area contributed by atoms with Crippen molar-refractivity contribution in [3.05, 3.63) is 0 Å². The average molecular weight is 297 g/mol. The normalized spacial score (nSPS) is 25.4. The minimum Gasteiger partial charge on any atom is -0.481 e. The molecule has 0 aromatic heterocycles. The summed E-state index contributed by atoms with van der Waals surface area (Å²) < 4.78 is 0. The molecule has 120 valence electrons. The molecule has 2 rings (SSSR count). The molecular weight excluding hydrogens is 270 g/mol. The van der Waals surface area contributed by atoms with Gasteiger partial charge in [0.05, 0.1) is 5.92 Å². The Morgan fingerprint density at radius 1 is 1.19 bits per heavy atom. The van der Waals surface area contributed by atoms with E-state index in [-0.39, 0.29) is 12.1 Å². The molecule has 2 N–H and O–H groups in total. The van der Waals surface area contributed by atoms with Crippen LogP contribution in [0, 0.1) is 5.92 Å². The first-order valence-corrected chi connectivity index (χ1v) is 8.07. The van der Waals surface area contributed by atoms with Crippen LogP contribution in [0.15, 0.2) is 0 Å². The van der Waals surface area contributed by atoms with Gasteiger partial charge in [0, 0.05) is 25.7 Å². The molecule has 2 saturated heterocycles. The van der Waals surface area contributed by atoms with Crippen LogP contribution in [-0.2, 0) is 4.79 Å². The Labute approximate surface area is 126 Å². The molecule has 0 spiro atoms. The molecule has 2 heterocycles. The highest BCUT2D eigenvalue weighted by Crippen LogP contribution is 2.16. The van der Waals surface area contributed by atoms with Crippen molar-refractivity contribution >= 4 is 12.0 Å². The maximum Gasteiger partial charge on any atom is 0.317 e. The number of carboxylic acid groups (broad SMARTS) is 1. The summed E-state index contributed by atoms with van der Waals surface area (Å²) in [4.78, 5) is 27.3. The minimum atomic E-state index is -0.797. The van der Waals surface area contributed by atoms with Crippen molar-refractivity contribution in [2.45, 2.75) is 45.1 Å². The van der Waals surface area contributed by atoms with Crippen LogP contribution in [0.5, 0.6) is 0 Å². The maximum absolute atomic E-state index is 12.2. The number of urea groups is 1. The molecule has 1 unspecified atom stereocenters. The molecule has 0 saturated carbocycles. The summed E-state index contributed by atoms with van der Waals surface area (Å²) >= 11 is 0. The zero-order valence-corrected chi connectivity index (χ0v) is 12.9. The molecule has 0 bridgehead atoms. The number of amides is 2. The van der Waals surface area contributed by atoms with E-state index in [4.69, 9.17) is 5.11 Å². The van der Waals surface area contributed by atoms with Crippen molar-refractivity contribution in [1.82, 2.24) is 15.1 Å². The summed E-state index contributed by atoms with van der Waals surface area (Å²) in [7, 11) is 0. The molecule has 21 heavy (non-hydrogen) atoms. The van der Waals surface area contributed by atoms with Gasteiger partial charge in [-0.3, -0.25) is 4.79 Å². The second kappa shape index (κ2) is 7.64. The monoisotopic (exact) mass is 297 g/mol. The van der Waals surface area contributed by atoms with Crippen LogP contribution >= 0.6 is 0 Å². The van der Waals surface area contributed by atoms with Gasteiger partial charge >= 0.3 is 12.0 Å². The predicted molar refractivity (Wildman–Crippen MR) is 80.2 cm³/mol. The van der Waals surface area contributed by atoms with Gasteiger partial charge in [0.1, 0.15) is 0 Å². The number of carbonyl (C=O) groups excluding carboxylic acids is 1. The van der Waals surface area contributed by atoms with Crippen molar-refractivity contribution in [3.63, 3.8) is 0 Å². The molecule has 0 aromatic rings. The fourth-order valence-electron chi connectivity index (χ4n) is 3.24. The summed E-state index contributed by atoms with van der Waals surface area (Å²) in [6.45, 7) is 6.12. The van der Waals surface area contributed by atoms with Crippen LogP contribution in [0.2, 0.25) is 0 Å². The van der Waals surface area contributed by atoms with Crippen LogP contribution < -0.4 is 5.32 Å². The molecule has 2 aliphatic rings. The Kier molecular flexibility index (Phi) is 5.85. The van der Waals surface area contributed by atoms with E-state index in [9.17, 15) is 9.59 Å². The van der Waals surface area contributed by atoms with E-state index in [1.807, 2.05) is 6.92 Å². The lowest BCUT2D eigenvalue weighted by Crippen LogP contribution is -2.51. The van der Waals surface area contributed by atoms with Crippen molar-refractivity contribution in [2.24, 2.45) is 5.92 Å². The lowest BCUT2D eigenvalue weighted by Gasteiger charge is -2.33. The fraction of sp³-hybridized carbons (Fsp3) is 0.867. The Morgan fingerprint density at radius 3 is 2.57 bits per heavy atom. The van der Waals surface area contributed by atoms with Gasteiger partial charge in [0.2, 0.25) is 0 Å². The molecule has 2 fully saturated rings. The Bertz CT molecular complexity index is 369. The van der Waals surface area contributed by atoms with Crippen molar-refractivity contribution in [2.75, 3.05) is 32.7 Å². The van der Waals surface area contributed by atoms with Crippen LogP contribution in [-0.4, -0.2) is 65.7 Å². The van der Waals surface area contributed by atoms with Gasteiger partial charge in [-0.1, -0.05) is 6.42 Å². The number of nitrogens with one attached hydrogen (secondary N) is 1. The molecule has 2 aliphatic heterocycles. The Balaban J connectivity index is 1.75. The lowest BCUT2D eigenvalue weighted by atomic mass is 9.99. The van der Waals surface area contributed by atoms with Crippen LogP contribution in [0.1, 0.15) is 39.0 Å². The highest BCUT2D eigenvalue weighted by molar-refractivity contribution is 5.76. The van der Waals surface area contributed by atoms with Crippen molar-refractivity contribution in [1.29, 1.82) is 0 Å². The second-order valence-electron chi connectivity index (χ2n) is 6.34. The number of piperidine rings is 2. The summed E-state index contributed by atoms with van der Waals surface area (Å²) in [5.74, 6) is -1.21. The summed E-state index contributed by atoms with van der Waals surface area (Å²) in [6, 6.07) is -0.0220. The van der Waals surface area contributed by atoms with Gasteiger partial charge in [0.15, 0.2) is 0 Å². The number of carbonyl (C=O) groups is 2. The largest absolute Gasteiger partial charge is 0.481 e. The van der Waals surface area contributed by atoms with Gasteiger partial charge in [-0.2, -0.15) is 0 Å². The highest BCUT2D eigenvalue weighted by atomic mass is 16.4.